The number of carboxylic acids is 1. The van der Waals surface area contributed by atoms with Gasteiger partial charge in [-0.2, -0.15) is 5.11 Å². The summed E-state index contributed by atoms with van der Waals surface area (Å²) in [6.45, 7) is 6.72. The summed E-state index contributed by atoms with van der Waals surface area (Å²) >= 11 is 18.3. The van der Waals surface area contributed by atoms with Gasteiger partial charge in [0.15, 0.2) is 0 Å². The summed E-state index contributed by atoms with van der Waals surface area (Å²) in [6, 6.07) is 9.23. The third-order valence-electron chi connectivity index (χ3n) is 7.10. The predicted molar refractivity (Wildman–Crippen MR) is 154 cm³/mol. The van der Waals surface area contributed by atoms with Crippen molar-refractivity contribution in [3.8, 4) is 0 Å². The van der Waals surface area contributed by atoms with Crippen LogP contribution >= 0.6 is 34.8 Å². The van der Waals surface area contributed by atoms with Crippen LogP contribution in [0.5, 0.6) is 0 Å². The normalized spacial score (nSPS) is 18.5. The molecule has 3 rings (SSSR count). The van der Waals surface area contributed by atoms with Gasteiger partial charge in [0.25, 0.3) is 5.91 Å². The van der Waals surface area contributed by atoms with E-state index in [4.69, 9.17) is 39.9 Å². The largest absolute Gasteiger partial charge is 0.481 e. The number of rotatable bonds is 8. The Labute approximate surface area is 243 Å². The van der Waals surface area contributed by atoms with Crippen molar-refractivity contribution in [2.24, 2.45) is 27.5 Å². The van der Waals surface area contributed by atoms with Gasteiger partial charge in [-0.15, -0.1) is 5.11 Å². The third-order valence-corrected chi connectivity index (χ3v) is 8.30. The van der Waals surface area contributed by atoms with Crippen LogP contribution in [0.15, 0.2) is 46.6 Å². The molecule has 2 aromatic rings. The number of aliphatic carboxylic acids is 1. The second kappa shape index (κ2) is 13.6. The number of nitrogens with one attached hydrogen (secondary N) is 2. The SMILES string of the molecule is CC(C)(C)[C@H]1CC[C@H](C(NC(=O)Nc2cc(Cl)c(Cl)c(Cl)c2)c2ccc(C(=O)N=NCCC(=O)O)cc2)CC1. The lowest BCUT2D eigenvalue weighted by atomic mass is 9.68. The first-order chi connectivity index (χ1) is 18.3. The molecule has 1 unspecified atom stereocenters. The van der Waals surface area contributed by atoms with E-state index in [0.717, 1.165) is 31.2 Å². The van der Waals surface area contributed by atoms with Crippen molar-refractivity contribution >= 4 is 58.4 Å². The number of halogens is 3. The smallest absolute Gasteiger partial charge is 0.319 e. The Morgan fingerprint density at radius 3 is 2.13 bits per heavy atom. The summed E-state index contributed by atoms with van der Waals surface area (Å²) in [5, 5.41) is 22.5. The number of amides is 3. The van der Waals surface area contributed by atoms with Gasteiger partial charge in [-0.1, -0.05) is 67.7 Å². The Morgan fingerprint density at radius 1 is 1.00 bits per heavy atom. The summed E-state index contributed by atoms with van der Waals surface area (Å²) in [5.41, 5.74) is 1.81. The summed E-state index contributed by atoms with van der Waals surface area (Å²) in [4.78, 5) is 36.0. The van der Waals surface area contributed by atoms with Crippen molar-refractivity contribution in [3.05, 3.63) is 62.6 Å². The van der Waals surface area contributed by atoms with Crippen molar-refractivity contribution < 1.29 is 19.5 Å². The second-order valence-electron chi connectivity index (χ2n) is 10.8. The fourth-order valence-corrected chi connectivity index (χ4v) is 5.47. The zero-order valence-corrected chi connectivity index (χ0v) is 24.4. The highest BCUT2D eigenvalue weighted by molar-refractivity contribution is 6.48. The molecule has 1 atom stereocenters. The van der Waals surface area contributed by atoms with Crippen LogP contribution < -0.4 is 10.6 Å². The molecule has 210 valence electrons. The van der Waals surface area contributed by atoms with Gasteiger partial charge in [0.1, 0.15) is 0 Å². The number of hydrogen-bond acceptors (Lipinski definition) is 4. The van der Waals surface area contributed by atoms with E-state index in [1.807, 2.05) is 0 Å². The lowest BCUT2D eigenvalue weighted by Gasteiger charge is -2.39. The molecular formula is C28H33Cl3N4O4. The Bertz CT molecular complexity index is 1200. The van der Waals surface area contributed by atoms with E-state index in [-0.39, 0.29) is 45.4 Å². The first-order valence-electron chi connectivity index (χ1n) is 12.8. The number of anilines is 1. The lowest BCUT2D eigenvalue weighted by molar-refractivity contribution is -0.136. The monoisotopic (exact) mass is 594 g/mol. The Balaban J connectivity index is 1.77. The molecule has 2 aromatic carbocycles. The van der Waals surface area contributed by atoms with Gasteiger partial charge in [-0.05, 0) is 72.8 Å². The van der Waals surface area contributed by atoms with Gasteiger partial charge in [0, 0.05) is 11.3 Å². The number of carbonyl (C=O) groups excluding carboxylic acids is 2. The quantitative estimate of drug-likeness (QED) is 0.209. The van der Waals surface area contributed by atoms with E-state index in [1.54, 1.807) is 24.3 Å². The molecule has 0 aromatic heterocycles. The molecule has 0 saturated heterocycles. The van der Waals surface area contributed by atoms with Crippen LogP contribution in [-0.4, -0.2) is 29.6 Å². The van der Waals surface area contributed by atoms with Gasteiger partial charge >= 0.3 is 12.0 Å². The summed E-state index contributed by atoms with van der Waals surface area (Å²) < 4.78 is 0. The van der Waals surface area contributed by atoms with Crippen LogP contribution in [0.25, 0.3) is 0 Å². The Kier molecular flexibility index (Phi) is 10.8. The number of nitrogens with zero attached hydrogens (tertiary/aromatic N) is 2. The highest BCUT2D eigenvalue weighted by Crippen LogP contribution is 2.43. The summed E-state index contributed by atoms with van der Waals surface area (Å²) in [7, 11) is 0. The average Bonchev–Trinajstić information content (AvgIpc) is 2.88. The minimum atomic E-state index is -1.01. The van der Waals surface area contributed by atoms with E-state index in [9.17, 15) is 14.4 Å². The van der Waals surface area contributed by atoms with E-state index in [2.05, 4.69) is 41.6 Å². The molecule has 1 saturated carbocycles. The highest BCUT2D eigenvalue weighted by atomic mass is 35.5. The minimum Gasteiger partial charge on any atom is -0.481 e. The molecule has 0 bridgehead atoms. The first-order valence-corrected chi connectivity index (χ1v) is 13.9. The molecule has 0 heterocycles. The standard InChI is InChI=1S/C28H33Cl3N4O4/c1-28(2,3)19-10-8-17(9-11-19)25(34-27(39)33-20-14-21(29)24(31)22(30)15-20)16-4-6-18(7-5-16)26(38)35-32-13-12-23(36)37/h4-7,14-15,17,19,25H,8-13H2,1-3H3,(H,36,37)(H2,33,34,39)/t17-,19-,25?. The predicted octanol–water partition coefficient (Wildman–Crippen LogP) is 8.43. The molecule has 3 N–H and O–H groups in total. The summed E-state index contributed by atoms with van der Waals surface area (Å²) in [6.07, 6.45) is 3.82. The molecular weight excluding hydrogens is 563 g/mol. The molecule has 1 aliphatic rings. The highest BCUT2D eigenvalue weighted by Gasteiger charge is 2.34. The van der Waals surface area contributed by atoms with Gasteiger partial charge in [0.2, 0.25) is 0 Å². The molecule has 0 aliphatic heterocycles. The average molecular weight is 596 g/mol. The number of urea groups is 1. The maximum Gasteiger partial charge on any atom is 0.319 e. The summed E-state index contributed by atoms with van der Waals surface area (Å²) in [5.74, 6) is -0.763. The number of benzene rings is 2. The van der Waals surface area contributed by atoms with Crippen molar-refractivity contribution in [2.45, 2.75) is 58.9 Å². The zero-order chi connectivity index (χ0) is 28.7. The Hall–Kier alpha value is -2.68. The molecule has 0 radical (unpaired) electrons. The van der Waals surface area contributed by atoms with E-state index >= 15 is 0 Å². The van der Waals surface area contributed by atoms with E-state index < -0.39 is 17.9 Å². The minimum absolute atomic E-state index is 0.0679. The molecule has 1 aliphatic carbocycles. The lowest BCUT2D eigenvalue weighted by Crippen LogP contribution is -2.38. The maximum absolute atomic E-state index is 13.1. The third kappa shape index (κ3) is 8.92. The van der Waals surface area contributed by atoms with Crippen LogP contribution in [0.4, 0.5) is 10.5 Å². The van der Waals surface area contributed by atoms with Gasteiger partial charge in [-0.25, -0.2) is 4.79 Å². The molecule has 8 nitrogen and oxygen atoms in total. The van der Waals surface area contributed by atoms with Crippen molar-refractivity contribution in [1.82, 2.24) is 5.32 Å². The molecule has 39 heavy (non-hydrogen) atoms. The maximum atomic E-state index is 13.1. The Morgan fingerprint density at radius 2 is 1.59 bits per heavy atom. The van der Waals surface area contributed by atoms with E-state index in [1.165, 1.54) is 12.1 Å². The van der Waals surface area contributed by atoms with Crippen LogP contribution in [0.2, 0.25) is 15.1 Å². The number of azo groups is 1. The van der Waals surface area contributed by atoms with E-state index in [0.29, 0.717) is 17.2 Å². The zero-order valence-electron chi connectivity index (χ0n) is 22.1. The second-order valence-corrected chi connectivity index (χ2v) is 12.0. The van der Waals surface area contributed by atoms with Gasteiger partial charge < -0.3 is 15.7 Å². The van der Waals surface area contributed by atoms with Crippen LogP contribution in [0.3, 0.4) is 0 Å². The number of carbonyl (C=O) groups is 3. The number of carboxylic acid groups (broad SMARTS) is 1. The molecule has 1 fully saturated rings. The van der Waals surface area contributed by atoms with Crippen molar-refractivity contribution in [3.63, 3.8) is 0 Å². The fourth-order valence-electron chi connectivity index (χ4n) is 4.88. The van der Waals surface area contributed by atoms with Gasteiger partial charge in [-0.3, -0.25) is 9.59 Å². The van der Waals surface area contributed by atoms with Crippen molar-refractivity contribution in [2.75, 3.05) is 11.9 Å². The van der Waals surface area contributed by atoms with Crippen LogP contribution in [0, 0.1) is 17.3 Å². The molecule has 11 heteroatoms. The topological polar surface area (TPSA) is 120 Å². The van der Waals surface area contributed by atoms with Gasteiger partial charge in [0.05, 0.1) is 34.1 Å². The molecule has 3 amide bonds. The van der Waals surface area contributed by atoms with Crippen LogP contribution in [-0.2, 0) is 4.79 Å². The van der Waals surface area contributed by atoms with Crippen LogP contribution in [0.1, 0.15) is 74.8 Å². The number of hydrogen-bond donors (Lipinski definition) is 3. The van der Waals surface area contributed by atoms with Crippen molar-refractivity contribution in [1.29, 1.82) is 0 Å². The first kappa shape index (κ1) is 30.9. The molecule has 0 spiro atoms. The fraction of sp³-hybridized carbons (Fsp3) is 0.464.